The summed E-state index contributed by atoms with van der Waals surface area (Å²) in [6.07, 6.45) is 7.80. The van der Waals surface area contributed by atoms with E-state index in [1.54, 1.807) is 12.3 Å². The van der Waals surface area contributed by atoms with E-state index in [4.69, 9.17) is 0 Å². The zero-order chi connectivity index (χ0) is 13.2. The van der Waals surface area contributed by atoms with Gasteiger partial charge in [0.25, 0.3) is 11.7 Å². The molecule has 1 aromatic heterocycles. The van der Waals surface area contributed by atoms with Crippen LogP contribution >= 0.6 is 0 Å². The van der Waals surface area contributed by atoms with Crippen LogP contribution in [0.2, 0.25) is 0 Å². The van der Waals surface area contributed by atoms with E-state index in [-0.39, 0.29) is 0 Å². The molecule has 4 nitrogen and oxygen atoms in total. The number of rotatable bonds is 3. The highest BCUT2D eigenvalue weighted by Crippen LogP contribution is 2.18. The molecule has 0 bridgehead atoms. The van der Waals surface area contributed by atoms with Gasteiger partial charge in [0.15, 0.2) is 0 Å². The van der Waals surface area contributed by atoms with Crippen LogP contribution in [0.15, 0.2) is 54.4 Å². The summed E-state index contributed by atoms with van der Waals surface area (Å²) in [5, 5.41) is 3.39. The molecule has 2 N–H and O–H groups in total. The minimum atomic E-state index is -0.597. The van der Waals surface area contributed by atoms with Crippen LogP contribution in [-0.2, 0) is 4.79 Å². The molecule has 0 aliphatic heterocycles. The van der Waals surface area contributed by atoms with E-state index in [0.29, 0.717) is 12.0 Å². The minimum absolute atomic E-state index is 0.402. The molecule has 1 aliphatic carbocycles. The van der Waals surface area contributed by atoms with Crippen LogP contribution in [-0.4, -0.2) is 16.7 Å². The molecule has 1 amide bonds. The van der Waals surface area contributed by atoms with E-state index in [2.05, 4.69) is 10.3 Å². The van der Waals surface area contributed by atoms with Crippen LogP contribution in [0.1, 0.15) is 16.8 Å². The van der Waals surface area contributed by atoms with Crippen LogP contribution in [0.5, 0.6) is 0 Å². The first-order chi connectivity index (χ1) is 9.25. The fourth-order valence-corrected chi connectivity index (χ4v) is 2.12. The minimum Gasteiger partial charge on any atom is -0.360 e. The van der Waals surface area contributed by atoms with Crippen molar-refractivity contribution >= 4 is 22.6 Å². The molecule has 0 radical (unpaired) electrons. The fourth-order valence-electron chi connectivity index (χ4n) is 2.12. The number of H-pyrrole nitrogens is 1. The van der Waals surface area contributed by atoms with E-state index >= 15 is 0 Å². The summed E-state index contributed by atoms with van der Waals surface area (Å²) in [6, 6.07) is 7.41. The van der Waals surface area contributed by atoms with Crippen LogP contribution in [0.4, 0.5) is 0 Å². The number of para-hydroxylation sites is 1. The number of aromatic amines is 1. The monoisotopic (exact) mass is 252 g/mol. The van der Waals surface area contributed by atoms with Crippen molar-refractivity contribution in [1.82, 2.24) is 10.3 Å². The van der Waals surface area contributed by atoms with Crippen molar-refractivity contribution in [3.05, 3.63) is 60.0 Å². The van der Waals surface area contributed by atoms with Crippen LogP contribution in [0, 0.1) is 0 Å². The molecular weight excluding hydrogens is 240 g/mol. The van der Waals surface area contributed by atoms with Gasteiger partial charge in [0.05, 0.1) is 5.56 Å². The van der Waals surface area contributed by atoms with Crippen LogP contribution < -0.4 is 5.32 Å². The SMILES string of the molecule is O=C(NC1=CC=CC1)C(=O)c1c[nH]c2ccccc12. The molecule has 2 aromatic rings. The van der Waals surface area contributed by atoms with E-state index in [0.717, 1.165) is 16.6 Å². The Morgan fingerprint density at radius 2 is 2.05 bits per heavy atom. The Morgan fingerprint density at radius 1 is 1.21 bits per heavy atom. The zero-order valence-electron chi connectivity index (χ0n) is 10.1. The highest BCUT2D eigenvalue weighted by atomic mass is 16.2. The van der Waals surface area contributed by atoms with Crippen molar-refractivity contribution < 1.29 is 9.59 Å². The van der Waals surface area contributed by atoms with Gasteiger partial charge in [0, 0.05) is 29.2 Å². The van der Waals surface area contributed by atoms with Crippen molar-refractivity contribution in [1.29, 1.82) is 0 Å². The van der Waals surface area contributed by atoms with Crippen LogP contribution in [0.25, 0.3) is 10.9 Å². The van der Waals surface area contributed by atoms with Gasteiger partial charge in [-0.25, -0.2) is 0 Å². The molecule has 19 heavy (non-hydrogen) atoms. The van der Waals surface area contributed by atoms with Crippen molar-refractivity contribution in [2.24, 2.45) is 0 Å². The second-order valence-corrected chi connectivity index (χ2v) is 4.36. The third-order valence-electron chi connectivity index (χ3n) is 3.09. The number of carbonyl (C=O) groups excluding carboxylic acids is 2. The lowest BCUT2D eigenvalue weighted by Crippen LogP contribution is -2.29. The molecular formula is C15H12N2O2. The maximum absolute atomic E-state index is 12.1. The van der Waals surface area contributed by atoms with Gasteiger partial charge >= 0.3 is 0 Å². The molecule has 0 unspecified atom stereocenters. The average molecular weight is 252 g/mol. The first-order valence-corrected chi connectivity index (χ1v) is 6.03. The maximum atomic E-state index is 12.1. The fraction of sp³-hybridized carbons (Fsp3) is 0.0667. The molecule has 1 heterocycles. The number of allylic oxidation sites excluding steroid dienone is 3. The van der Waals surface area contributed by atoms with Gasteiger partial charge in [-0.3, -0.25) is 9.59 Å². The Balaban J connectivity index is 1.85. The molecule has 94 valence electrons. The first kappa shape index (κ1) is 11.5. The van der Waals surface area contributed by atoms with E-state index in [1.807, 2.05) is 36.4 Å². The number of aromatic nitrogens is 1. The summed E-state index contributed by atoms with van der Waals surface area (Å²) in [6.45, 7) is 0. The van der Waals surface area contributed by atoms with Gasteiger partial charge in [0.2, 0.25) is 0 Å². The lowest BCUT2D eigenvalue weighted by molar-refractivity contribution is -0.116. The van der Waals surface area contributed by atoms with Gasteiger partial charge in [0.1, 0.15) is 0 Å². The lowest BCUT2D eigenvalue weighted by Gasteiger charge is -2.04. The van der Waals surface area contributed by atoms with Crippen molar-refractivity contribution in [3.63, 3.8) is 0 Å². The summed E-state index contributed by atoms with van der Waals surface area (Å²) in [7, 11) is 0. The van der Waals surface area contributed by atoms with Gasteiger partial charge < -0.3 is 10.3 Å². The second kappa shape index (κ2) is 4.57. The molecule has 4 heteroatoms. The normalized spacial score (nSPS) is 13.6. The molecule has 1 aliphatic rings. The molecule has 0 saturated carbocycles. The quantitative estimate of drug-likeness (QED) is 0.650. The topological polar surface area (TPSA) is 62.0 Å². The Morgan fingerprint density at radius 3 is 2.84 bits per heavy atom. The van der Waals surface area contributed by atoms with Gasteiger partial charge in [-0.1, -0.05) is 30.4 Å². The van der Waals surface area contributed by atoms with E-state index < -0.39 is 11.7 Å². The summed E-state index contributed by atoms with van der Waals surface area (Å²) >= 11 is 0. The number of benzene rings is 1. The number of hydrogen-bond acceptors (Lipinski definition) is 2. The third kappa shape index (κ3) is 2.08. The van der Waals surface area contributed by atoms with Crippen molar-refractivity contribution in [2.75, 3.05) is 0 Å². The molecule has 0 spiro atoms. The number of carbonyl (C=O) groups is 2. The van der Waals surface area contributed by atoms with Crippen molar-refractivity contribution in [2.45, 2.75) is 6.42 Å². The van der Waals surface area contributed by atoms with E-state index in [9.17, 15) is 9.59 Å². The van der Waals surface area contributed by atoms with E-state index in [1.165, 1.54) is 0 Å². The average Bonchev–Trinajstić information content (AvgIpc) is 3.06. The molecule has 1 aromatic carbocycles. The Bertz CT molecular complexity index is 723. The van der Waals surface area contributed by atoms with Crippen LogP contribution in [0.3, 0.4) is 0 Å². The number of fused-ring (bicyclic) bond motifs is 1. The predicted octanol–water partition coefficient (Wildman–Crippen LogP) is 2.31. The summed E-state index contributed by atoms with van der Waals surface area (Å²) < 4.78 is 0. The largest absolute Gasteiger partial charge is 0.360 e. The number of Topliss-reactive ketones (excluding diaryl/α,β-unsaturated/α-hetero) is 1. The number of hydrogen-bond donors (Lipinski definition) is 2. The second-order valence-electron chi connectivity index (χ2n) is 4.36. The first-order valence-electron chi connectivity index (χ1n) is 6.03. The highest BCUT2D eigenvalue weighted by molar-refractivity contribution is 6.45. The van der Waals surface area contributed by atoms with Gasteiger partial charge in [-0.15, -0.1) is 0 Å². The van der Waals surface area contributed by atoms with Crippen molar-refractivity contribution in [3.8, 4) is 0 Å². The Kier molecular flexibility index (Phi) is 2.76. The summed E-state index contributed by atoms with van der Waals surface area (Å²) in [5.74, 6) is -1.12. The number of amides is 1. The number of ketones is 1. The Labute approximate surface area is 109 Å². The smallest absolute Gasteiger partial charge is 0.296 e. The molecule has 0 atom stereocenters. The third-order valence-corrected chi connectivity index (χ3v) is 3.09. The molecule has 0 fully saturated rings. The molecule has 3 rings (SSSR count). The zero-order valence-corrected chi connectivity index (χ0v) is 10.1. The van der Waals surface area contributed by atoms with Gasteiger partial charge in [-0.05, 0) is 12.1 Å². The summed E-state index contributed by atoms with van der Waals surface area (Å²) in [4.78, 5) is 27.0. The lowest BCUT2D eigenvalue weighted by atomic mass is 10.1. The summed E-state index contributed by atoms with van der Waals surface area (Å²) in [5.41, 5.74) is 2.00. The Hall–Kier alpha value is -2.62. The molecule has 0 saturated heterocycles. The maximum Gasteiger partial charge on any atom is 0.296 e. The highest BCUT2D eigenvalue weighted by Gasteiger charge is 2.20. The standard InChI is InChI=1S/C15H12N2O2/c18-14(15(19)17-10-5-1-2-6-10)12-9-16-13-8-4-3-7-11(12)13/h1-5,7-9,16H,6H2,(H,17,19). The van der Waals surface area contributed by atoms with Gasteiger partial charge in [-0.2, -0.15) is 0 Å². The number of nitrogens with one attached hydrogen (secondary N) is 2. The predicted molar refractivity (Wildman–Crippen MR) is 72.6 cm³/mol.